The van der Waals surface area contributed by atoms with Gasteiger partial charge in [-0.15, -0.1) is 0 Å². The van der Waals surface area contributed by atoms with Gasteiger partial charge in [0.05, 0.1) is 6.61 Å². The summed E-state index contributed by atoms with van der Waals surface area (Å²) in [4.78, 5) is 51.3. The van der Waals surface area contributed by atoms with Crippen LogP contribution in [-0.4, -0.2) is 131 Å². The van der Waals surface area contributed by atoms with Crippen LogP contribution in [0.15, 0.2) is 0 Å². The summed E-state index contributed by atoms with van der Waals surface area (Å²) in [6, 6.07) is 0. The van der Waals surface area contributed by atoms with Crippen molar-refractivity contribution in [3.63, 3.8) is 0 Å². The Morgan fingerprint density at radius 3 is 0.882 bits per heavy atom. The Morgan fingerprint density at radius 1 is 0.824 bits per heavy atom. The Balaban J connectivity index is -0.0000000247. The standard InChI is InChI=1S/C2H7NO.3Ca.2H3O4P/c3-1-2-4;;;;2*1-5(2,3)4/h4H,1-3H2;;;;2*(H3,1,2,3,4)/q;3*+2;;/p-6. The maximum absolute atomic E-state index is 8.55. The summed E-state index contributed by atoms with van der Waals surface area (Å²) in [7, 11) is -10.8. The largest absolute Gasteiger partial charge is 2.00 e. The summed E-state index contributed by atoms with van der Waals surface area (Å²) in [6.07, 6.45) is 0. The average Bonchev–Trinajstić information content (AvgIpc) is 1.79. The van der Waals surface area contributed by atoms with Crippen molar-refractivity contribution in [3.8, 4) is 0 Å². The third-order valence-corrected chi connectivity index (χ3v) is 0.129. The van der Waals surface area contributed by atoms with E-state index < -0.39 is 15.6 Å². The van der Waals surface area contributed by atoms with E-state index in [2.05, 4.69) is 0 Å². The van der Waals surface area contributed by atoms with Crippen LogP contribution in [0, 0.1) is 0 Å². The first kappa shape index (κ1) is 37.3. The van der Waals surface area contributed by atoms with E-state index in [1.54, 1.807) is 0 Å². The maximum Gasteiger partial charge on any atom is 2.00 e. The zero-order valence-corrected chi connectivity index (χ0v) is 17.1. The molecule has 0 aliphatic rings. The van der Waals surface area contributed by atoms with Crippen molar-refractivity contribution < 1.29 is 43.6 Å². The summed E-state index contributed by atoms with van der Waals surface area (Å²) < 4.78 is 17.1. The van der Waals surface area contributed by atoms with E-state index in [0.717, 1.165) is 0 Å². The van der Waals surface area contributed by atoms with Gasteiger partial charge in [0.15, 0.2) is 0 Å². The molecule has 3 N–H and O–H groups in total. The maximum atomic E-state index is 8.55. The predicted molar refractivity (Wildman–Crippen MR) is 48.6 cm³/mol. The fourth-order valence-electron chi connectivity index (χ4n) is 0. The zero-order chi connectivity index (χ0) is 12.4. The second kappa shape index (κ2) is 22.2. The average molecular weight is 371 g/mol. The molecule has 0 amide bonds. The van der Waals surface area contributed by atoms with Crippen molar-refractivity contribution in [2.75, 3.05) is 13.2 Å². The van der Waals surface area contributed by atoms with Crippen molar-refractivity contribution in [3.05, 3.63) is 0 Å². The molecule has 17 heavy (non-hydrogen) atoms. The molecule has 0 aliphatic carbocycles. The van der Waals surface area contributed by atoms with Crippen LogP contribution in [0.5, 0.6) is 0 Å². The number of hydrogen-bond acceptors (Lipinski definition) is 10. The van der Waals surface area contributed by atoms with E-state index in [1.807, 2.05) is 0 Å². The van der Waals surface area contributed by atoms with Gasteiger partial charge in [0.25, 0.3) is 0 Å². The number of hydrogen-bond donors (Lipinski definition) is 2. The van der Waals surface area contributed by atoms with E-state index in [0.29, 0.717) is 6.54 Å². The quantitative estimate of drug-likeness (QED) is 0.327. The van der Waals surface area contributed by atoms with Gasteiger partial charge in [0.2, 0.25) is 0 Å². The molecular formula is C2H7Ca3NO9P2. The van der Waals surface area contributed by atoms with Crippen LogP contribution in [0.3, 0.4) is 0 Å². The van der Waals surface area contributed by atoms with Crippen molar-refractivity contribution >= 4 is 129 Å². The second-order valence-corrected chi connectivity index (χ2v) is 3.20. The van der Waals surface area contributed by atoms with E-state index >= 15 is 0 Å². The summed E-state index contributed by atoms with van der Waals surface area (Å²) in [5.74, 6) is 0. The molecule has 0 saturated carbocycles. The van der Waals surface area contributed by atoms with Crippen LogP contribution in [0.25, 0.3) is 0 Å². The van der Waals surface area contributed by atoms with Crippen molar-refractivity contribution in [1.29, 1.82) is 0 Å². The van der Waals surface area contributed by atoms with Crippen molar-refractivity contribution in [2.45, 2.75) is 0 Å². The first-order valence-corrected chi connectivity index (χ1v) is 5.61. The van der Waals surface area contributed by atoms with Gasteiger partial charge < -0.3 is 49.3 Å². The Bertz CT molecular complexity index is 166. The molecule has 0 rings (SSSR count). The van der Waals surface area contributed by atoms with Gasteiger partial charge in [-0.25, -0.2) is 0 Å². The Hall–Kier alpha value is 3.92. The molecule has 0 unspecified atom stereocenters. The molecule has 0 atom stereocenters. The van der Waals surface area contributed by atoms with Gasteiger partial charge >= 0.3 is 113 Å². The predicted octanol–water partition coefficient (Wildman–Crippen LogP) is -7.85. The minimum absolute atomic E-state index is 0. The van der Waals surface area contributed by atoms with Gasteiger partial charge in [0, 0.05) is 6.54 Å². The number of nitrogens with two attached hydrogens (primary N) is 1. The molecule has 0 spiro atoms. The molecule has 90 valence electrons. The monoisotopic (exact) mass is 371 g/mol. The fraction of sp³-hybridized carbons (Fsp3) is 1.00. The fourth-order valence-corrected chi connectivity index (χ4v) is 0. The van der Waals surface area contributed by atoms with Crippen LogP contribution < -0.4 is 35.1 Å². The van der Waals surface area contributed by atoms with Crippen LogP contribution >= 0.6 is 15.6 Å². The molecule has 0 aromatic carbocycles. The summed E-state index contributed by atoms with van der Waals surface area (Å²) in [5, 5.41) is 7.75. The zero-order valence-electron chi connectivity index (χ0n) is 8.72. The SMILES string of the molecule is NCCO.O=P([O-])([O-])[O-].O=P([O-])([O-])[O-].[Ca+2].[Ca+2].[Ca+2]. The minimum atomic E-state index is -5.39. The van der Waals surface area contributed by atoms with Gasteiger partial charge in [-0.2, -0.15) is 15.6 Å². The van der Waals surface area contributed by atoms with Gasteiger partial charge in [0.1, 0.15) is 0 Å². The summed E-state index contributed by atoms with van der Waals surface area (Å²) in [5.41, 5.74) is 4.78. The van der Waals surface area contributed by atoms with Crippen LogP contribution in [0.2, 0.25) is 0 Å². The van der Waals surface area contributed by atoms with Crippen molar-refractivity contribution in [1.82, 2.24) is 0 Å². The first-order valence-electron chi connectivity index (χ1n) is 2.69. The Labute approximate surface area is 187 Å². The molecule has 10 nitrogen and oxygen atoms in total. The van der Waals surface area contributed by atoms with Crippen LogP contribution in [0.1, 0.15) is 0 Å². The normalized spacial score (nSPS) is 8.71. The number of rotatable bonds is 1. The van der Waals surface area contributed by atoms with E-state index in [-0.39, 0.29) is 120 Å². The second-order valence-electron chi connectivity index (χ2n) is 1.41. The molecule has 15 heteroatoms. The molecule has 0 aromatic heterocycles. The van der Waals surface area contributed by atoms with E-state index in [1.165, 1.54) is 0 Å². The topological polar surface area (TPSA) is 219 Å². The smallest absolute Gasteiger partial charge is 0.822 e. The molecule has 0 aliphatic heterocycles. The van der Waals surface area contributed by atoms with Crippen LogP contribution in [-0.2, 0) is 9.13 Å². The summed E-state index contributed by atoms with van der Waals surface area (Å²) in [6.45, 7) is 0.472. The number of aliphatic hydroxyl groups excluding tert-OH is 1. The van der Waals surface area contributed by atoms with E-state index in [4.69, 9.17) is 49.3 Å². The van der Waals surface area contributed by atoms with Gasteiger partial charge in [-0.3, -0.25) is 0 Å². The third-order valence-electron chi connectivity index (χ3n) is 0.129. The number of aliphatic hydroxyl groups is 1. The molecular weight excluding hydrogens is 364 g/mol. The molecule has 0 aromatic rings. The Kier molecular flexibility index (Phi) is 48.7. The third kappa shape index (κ3) is 264. The van der Waals surface area contributed by atoms with Gasteiger partial charge in [-0.1, -0.05) is 0 Å². The van der Waals surface area contributed by atoms with Gasteiger partial charge in [-0.05, 0) is 0 Å². The minimum Gasteiger partial charge on any atom is -0.822 e. The molecule has 0 fully saturated rings. The Morgan fingerprint density at radius 2 is 0.882 bits per heavy atom. The van der Waals surface area contributed by atoms with Crippen molar-refractivity contribution in [2.24, 2.45) is 5.73 Å². The molecule has 0 bridgehead atoms. The summed E-state index contributed by atoms with van der Waals surface area (Å²) >= 11 is 0. The van der Waals surface area contributed by atoms with E-state index in [9.17, 15) is 0 Å². The molecule has 0 heterocycles. The molecule has 0 saturated heterocycles. The molecule has 0 radical (unpaired) electrons. The first-order chi connectivity index (χ1) is 5.91. The van der Waals surface area contributed by atoms with Crippen LogP contribution in [0.4, 0.5) is 0 Å². The number of phosphoric acid groups is 2.